The fourth-order valence-corrected chi connectivity index (χ4v) is 3.34. The van der Waals surface area contributed by atoms with Gasteiger partial charge >= 0.3 is 0 Å². The van der Waals surface area contributed by atoms with Crippen molar-refractivity contribution in [3.63, 3.8) is 0 Å². The monoisotopic (exact) mass is 386 g/mol. The first-order valence-corrected chi connectivity index (χ1v) is 8.54. The van der Waals surface area contributed by atoms with Gasteiger partial charge in [0.1, 0.15) is 0 Å². The van der Waals surface area contributed by atoms with E-state index < -0.39 is 0 Å². The quantitative estimate of drug-likeness (QED) is 0.789. The number of benzene rings is 1. The van der Waals surface area contributed by atoms with E-state index in [1.165, 1.54) is 12.8 Å². The molecule has 1 aliphatic heterocycles. The molecule has 1 aromatic carbocycles. The van der Waals surface area contributed by atoms with Crippen molar-refractivity contribution in [1.29, 1.82) is 0 Å². The number of nitrogens with zero attached hydrogens (tertiary/aromatic N) is 1. The summed E-state index contributed by atoms with van der Waals surface area (Å²) in [6.07, 6.45) is 3.37. The molecule has 0 aliphatic carbocycles. The fourth-order valence-electron chi connectivity index (χ4n) is 2.73. The number of hydrogen-bond donors (Lipinski definition) is 1. The van der Waals surface area contributed by atoms with Gasteiger partial charge in [-0.3, -0.25) is 4.79 Å². The van der Waals surface area contributed by atoms with E-state index in [1.54, 1.807) is 0 Å². The molecule has 1 aliphatic rings. The van der Waals surface area contributed by atoms with Gasteiger partial charge in [-0.2, -0.15) is 0 Å². The molecule has 0 aromatic heterocycles. The number of hydrogen-bond acceptors (Lipinski definition) is 2. The van der Waals surface area contributed by atoms with Gasteiger partial charge in [0, 0.05) is 16.7 Å². The summed E-state index contributed by atoms with van der Waals surface area (Å²) in [6.45, 7) is 6.06. The third-order valence-corrected chi connectivity index (χ3v) is 4.76. The third-order valence-electron chi connectivity index (χ3n) is 3.82. The molecule has 1 saturated heterocycles. The lowest BCUT2D eigenvalue weighted by atomic mass is 9.97. The largest absolute Gasteiger partial charge is 0.338 e. The summed E-state index contributed by atoms with van der Waals surface area (Å²) in [5.74, 6) is 0.837. The first kappa shape index (κ1) is 15.8. The van der Waals surface area contributed by atoms with Crippen molar-refractivity contribution in [3.05, 3.63) is 33.4 Å². The molecule has 0 unspecified atom stereocenters. The number of carbonyl (C=O) groups is 1. The van der Waals surface area contributed by atoms with E-state index in [1.807, 2.05) is 29.2 Å². The molecule has 1 aromatic rings. The van der Waals surface area contributed by atoms with Gasteiger partial charge in [0.2, 0.25) is 0 Å². The minimum absolute atomic E-state index is 0.190. The SMILES string of the molecule is CCCN(CC1CCNCC1)C(=O)c1ccccc1I. The van der Waals surface area contributed by atoms with Crippen molar-refractivity contribution in [3.8, 4) is 0 Å². The standard InChI is InChI=1S/C16H23IN2O/c1-2-11-19(12-13-7-9-18-10-8-13)16(20)14-5-3-4-6-15(14)17/h3-6,13,18H,2,7-12H2,1H3. The highest BCUT2D eigenvalue weighted by atomic mass is 127. The van der Waals surface area contributed by atoms with Crippen molar-refractivity contribution < 1.29 is 4.79 Å². The van der Waals surface area contributed by atoms with Crippen LogP contribution < -0.4 is 5.32 Å². The number of piperidine rings is 1. The first-order valence-electron chi connectivity index (χ1n) is 7.47. The predicted octanol–water partition coefficient (Wildman–Crippen LogP) is 3.14. The van der Waals surface area contributed by atoms with Crippen molar-refractivity contribution in [2.24, 2.45) is 5.92 Å². The Balaban J connectivity index is 2.07. The summed E-state index contributed by atoms with van der Waals surface area (Å²) in [5.41, 5.74) is 0.843. The second kappa shape index (κ2) is 7.98. The second-order valence-electron chi connectivity index (χ2n) is 5.42. The Labute approximate surface area is 135 Å². The summed E-state index contributed by atoms with van der Waals surface area (Å²) in [5, 5.41) is 3.39. The van der Waals surface area contributed by atoms with Gasteiger partial charge in [0.05, 0.1) is 5.56 Å². The van der Waals surface area contributed by atoms with Crippen molar-refractivity contribution in [2.45, 2.75) is 26.2 Å². The Morgan fingerprint density at radius 2 is 2.05 bits per heavy atom. The zero-order valence-corrected chi connectivity index (χ0v) is 14.2. The molecule has 0 saturated carbocycles. The molecule has 1 fully saturated rings. The maximum Gasteiger partial charge on any atom is 0.254 e. The molecule has 0 bridgehead atoms. The van der Waals surface area contributed by atoms with Crippen LogP contribution in [0.5, 0.6) is 0 Å². The van der Waals surface area contributed by atoms with Crippen LogP contribution in [-0.2, 0) is 0 Å². The predicted molar refractivity (Wildman–Crippen MR) is 90.9 cm³/mol. The smallest absolute Gasteiger partial charge is 0.254 e. The molecule has 1 amide bonds. The van der Waals surface area contributed by atoms with E-state index in [-0.39, 0.29) is 5.91 Å². The zero-order chi connectivity index (χ0) is 14.4. The normalized spacial score (nSPS) is 16.1. The maximum absolute atomic E-state index is 12.7. The van der Waals surface area contributed by atoms with Crippen LogP contribution in [0.15, 0.2) is 24.3 Å². The van der Waals surface area contributed by atoms with Gasteiger partial charge in [-0.05, 0) is 73.0 Å². The molecule has 0 spiro atoms. The average molecular weight is 386 g/mol. The summed E-state index contributed by atoms with van der Waals surface area (Å²) < 4.78 is 1.04. The van der Waals surface area contributed by atoms with E-state index in [2.05, 4.69) is 34.8 Å². The first-order chi connectivity index (χ1) is 9.72. The highest BCUT2D eigenvalue weighted by Crippen LogP contribution is 2.18. The van der Waals surface area contributed by atoms with Gasteiger partial charge in [-0.15, -0.1) is 0 Å². The summed E-state index contributed by atoms with van der Waals surface area (Å²) in [6, 6.07) is 7.87. The van der Waals surface area contributed by atoms with Gasteiger partial charge in [0.25, 0.3) is 5.91 Å². The van der Waals surface area contributed by atoms with E-state index in [4.69, 9.17) is 0 Å². The fraction of sp³-hybridized carbons (Fsp3) is 0.562. The van der Waals surface area contributed by atoms with Crippen LogP contribution in [0, 0.1) is 9.49 Å². The van der Waals surface area contributed by atoms with E-state index in [0.29, 0.717) is 5.92 Å². The number of halogens is 1. The topological polar surface area (TPSA) is 32.3 Å². The second-order valence-corrected chi connectivity index (χ2v) is 6.59. The molecule has 0 radical (unpaired) electrons. The average Bonchev–Trinajstić information content (AvgIpc) is 2.48. The van der Waals surface area contributed by atoms with Crippen molar-refractivity contribution in [2.75, 3.05) is 26.2 Å². The highest BCUT2D eigenvalue weighted by molar-refractivity contribution is 14.1. The summed E-state index contributed by atoms with van der Waals surface area (Å²) >= 11 is 2.25. The molecule has 3 nitrogen and oxygen atoms in total. The Kier molecular flexibility index (Phi) is 6.29. The molecule has 2 rings (SSSR count). The molecule has 4 heteroatoms. The van der Waals surface area contributed by atoms with Crippen molar-refractivity contribution in [1.82, 2.24) is 10.2 Å². The van der Waals surface area contributed by atoms with Crippen molar-refractivity contribution >= 4 is 28.5 Å². The van der Waals surface area contributed by atoms with Gasteiger partial charge in [-0.25, -0.2) is 0 Å². The number of nitrogens with one attached hydrogen (secondary N) is 1. The van der Waals surface area contributed by atoms with Crippen LogP contribution in [-0.4, -0.2) is 37.0 Å². The van der Waals surface area contributed by atoms with Gasteiger partial charge < -0.3 is 10.2 Å². The lowest BCUT2D eigenvalue weighted by molar-refractivity contribution is 0.0715. The Bertz CT molecular complexity index is 444. The third kappa shape index (κ3) is 4.19. The number of amides is 1. The highest BCUT2D eigenvalue weighted by Gasteiger charge is 2.22. The van der Waals surface area contributed by atoms with E-state index in [0.717, 1.165) is 41.7 Å². The number of rotatable bonds is 5. The molecule has 1 heterocycles. The lowest BCUT2D eigenvalue weighted by Crippen LogP contribution is -2.40. The summed E-state index contributed by atoms with van der Waals surface area (Å²) in [7, 11) is 0. The van der Waals surface area contributed by atoms with Crippen LogP contribution in [0.1, 0.15) is 36.5 Å². The molecule has 0 atom stereocenters. The lowest BCUT2D eigenvalue weighted by Gasteiger charge is -2.30. The van der Waals surface area contributed by atoms with Gasteiger partial charge in [-0.1, -0.05) is 19.1 Å². The van der Waals surface area contributed by atoms with Crippen LogP contribution in [0.3, 0.4) is 0 Å². The van der Waals surface area contributed by atoms with Crippen LogP contribution in [0.4, 0.5) is 0 Å². The van der Waals surface area contributed by atoms with Gasteiger partial charge in [0.15, 0.2) is 0 Å². The number of carbonyl (C=O) groups excluding carboxylic acids is 1. The van der Waals surface area contributed by atoms with Crippen LogP contribution >= 0.6 is 22.6 Å². The summed E-state index contributed by atoms with van der Waals surface area (Å²) in [4.78, 5) is 14.8. The zero-order valence-electron chi connectivity index (χ0n) is 12.1. The molecular weight excluding hydrogens is 363 g/mol. The minimum Gasteiger partial charge on any atom is -0.338 e. The van der Waals surface area contributed by atoms with Crippen LogP contribution in [0.2, 0.25) is 0 Å². The molecule has 110 valence electrons. The Morgan fingerprint density at radius 1 is 1.35 bits per heavy atom. The Hall–Kier alpha value is -0.620. The maximum atomic E-state index is 12.7. The molecule has 20 heavy (non-hydrogen) atoms. The molecular formula is C16H23IN2O. The van der Waals surface area contributed by atoms with E-state index in [9.17, 15) is 4.79 Å². The Morgan fingerprint density at radius 3 is 2.70 bits per heavy atom. The molecule has 1 N–H and O–H groups in total. The van der Waals surface area contributed by atoms with E-state index >= 15 is 0 Å². The van der Waals surface area contributed by atoms with Crippen LogP contribution in [0.25, 0.3) is 0 Å². The minimum atomic E-state index is 0.190.